The van der Waals surface area contributed by atoms with Gasteiger partial charge in [0.05, 0.1) is 17.2 Å². The van der Waals surface area contributed by atoms with Gasteiger partial charge in [0.1, 0.15) is 0 Å². The van der Waals surface area contributed by atoms with Gasteiger partial charge < -0.3 is 9.64 Å². The number of anilines is 2. The topological polar surface area (TPSA) is 75.7 Å². The second-order valence-electron chi connectivity index (χ2n) is 8.32. The third kappa shape index (κ3) is 7.55. The SMILES string of the molecule is CCOC(=O)CCCCCCc1cccc(S(=O)(=O)Nc2c(C)cc(N(C)C)cc2C)c1. The minimum Gasteiger partial charge on any atom is -0.466 e. The number of ether oxygens (including phenoxy) is 1. The zero-order valence-corrected chi connectivity index (χ0v) is 20.7. The summed E-state index contributed by atoms with van der Waals surface area (Å²) in [7, 11) is 0.241. The number of nitrogens with zero attached hydrogens (tertiary/aromatic N) is 1. The number of esters is 1. The van der Waals surface area contributed by atoms with E-state index in [1.165, 1.54) is 0 Å². The lowest BCUT2D eigenvalue weighted by atomic mass is 10.1. The Hall–Kier alpha value is -2.54. The number of carbonyl (C=O) groups is 1. The van der Waals surface area contributed by atoms with Gasteiger partial charge in [0.2, 0.25) is 0 Å². The molecule has 176 valence electrons. The maximum absolute atomic E-state index is 13.0. The molecule has 0 spiro atoms. The molecule has 7 heteroatoms. The van der Waals surface area contributed by atoms with E-state index in [2.05, 4.69) is 4.72 Å². The van der Waals surface area contributed by atoms with E-state index in [-0.39, 0.29) is 10.9 Å². The first kappa shape index (κ1) is 25.7. The van der Waals surface area contributed by atoms with Gasteiger partial charge in [-0.2, -0.15) is 0 Å². The van der Waals surface area contributed by atoms with E-state index in [9.17, 15) is 13.2 Å². The van der Waals surface area contributed by atoms with Gasteiger partial charge in [0.15, 0.2) is 0 Å². The molecule has 2 aromatic carbocycles. The average Bonchev–Trinajstić information content (AvgIpc) is 2.73. The predicted molar refractivity (Wildman–Crippen MR) is 131 cm³/mol. The highest BCUT2D eigenvalue weighted by atomic mass is 32.2. The first-order valence-electron chi connectivity index (χ1n) is 11.2. The standard InChI is InChI=1S/C25H36N2O4S/c1-6-31-24(28)15-10-8-7-9-12-21-13-11-14-23(18-21)32(29,30)26-25-19(2)16-22(27(4)5)17-20(25)3/h11,13-14,16-18,26H,6-10,12,15H2,1-5H3. The van der Waals surface area contributed by atoms with E-state index < -0.39 is 10.0 Å². The van der Waals surface area contributed by atoms with Gasteiger partial charge in [-0.05, 0) is 81.0 Å². The quantitative estimate of drug-likeness (QED) is 0.347. The van der Waals surface area contributed by atoms with Crippen LogP contribution < -0.4 is 9.62 Å². The van der Waals surface area contributed by atoms with Gasteiger partial charge in [-0.25, -0.2) is 8.42 Å². The maximum atomic E-state index is 13.0. The Bertz CT molecular complexity index is 993. The number of sulfonamides is 1. The van der Waals surface area contributed by atoms with Gasteiger partial charge in [-0.1, -0.05) is 25.0 Å². The molecule has 0 amide bonds. The zero-order valence-electron chi connectivity index (χ0n) is 19.9. The van der Waals surface area contributed by atoms with Crippen LogP contribution in [-0.4, -0.2) is 35.1 Å². The van der Waals surface area contributed by atoms with Crippen LogP contribution in [0.2, 0.25) is 0 Å². The van der Waals surface area contributed by atoms with Crippen LogP contribution in [0, 0.1) is 13.8 Å². The summed E-state index contributed by atoms with van der Waals surface area (Å²) in [6.45, 7) is 6.06. The van der Waals surface area contributed by atoms with Crippen molar-refractivity contribution in [1.82, 2.24) is 0 Å². The molecular formula is C25H36N2O4S. The van der Waals surface area contributed by atoms with Crippen molar-refractivity contribution in [3.8, 4) is 0 Å². The number of benzene rings is 2. The van der Waals surface area contributed by atoms with Crippen molar-refractivity contribution >= 4 is 27.4 Å². The van der Waals surface area contributed by atoms with Crippen molar-refractivity contribution in [2.75, 3.05) is 30.3 Å². The molecule has 0 aliphatic heterocycles. The van der Waals surface area contributed by atoms with E-state index in [0.717, 1.165) is 54.5 Å². The van der Waals surface area contributed by atoms with Crippen molar-refractivity contribution in [2.24, 2.45) is 0 Å². The van der Waals surface area contributed by atoms with Crippen molar-refractivity contribution in [3.05, 3.63) is 53.1 Å². The summed E-state index contributed by atoms with van der Waals surface area (Å²) in [4.78, 5) is 13.6. The molecule has 32 heavy (non-hydrogen) atoms. The minimum atomic E-state index is -3.68. The number of nitrogens with one attached hydrogen (secondary N) is 1. The lowest BCUT2D eigenvalue weighted by Gasteiger charge is -2.19. The van der Waals surface area contributed by atoms with Crippen molar-refractivity contribution in [1.29, 1.82) is 0 Å². The van der Waals surface area contributed by atoms with Crippen LogP contribution in [0.1, 0.15) is 55.7 Å². The number of carbonyl (C=O) groups excluding carboxylic acids is 1. The molecule has 0 unspecified atom stereocenters. The van der Waals surface area contributed by atoms with Gasteiger partial charge >= 0.3 is 5.97 Å². The molecule has 0 bridgehead atoms. The summed E-state index contributed by atoms with van der Waals surface area (Å²) >= 11 is 0. The lowest BCUT2D eigenvalue weighted by molar-refractivity contribution is -0.143. The first-order chi connectivity index (χ1) is 15.1. The summed E-state index contributed by atoms with van der Waals surface area (Å²) in [5, 5.41) is 0. The fourth-order valence-corrected chi connectivity index (χ4v) is 4.88. The van der Waals surface area contributed by atoms with Crippen LogP contribution in [0.5, 0.6) is 0 Å². The Balaban J connectivity index is 1.98. The van der Waals surface area contributed by atoms with Crippen molar-refractivity contribution in [3.63, 3.8) is 0 Å². The Morgan fingerprint density at radius 2 is 1.66 bits per heavy atom. The number of aryl methyl sites for hydroxylation is 3. The number of hydrogen-bond acceptors (Lipinski definition) is 5. The molecule has 2 rings (SSSR count). The van der Waals surface area contributed by atoms with E-state index in [0.29, 0.717) is 18.7 Å². The molecule has 0 aliphatic rings. The van der Waals surface area contributed by atoms with Crippen LogP contribution in [-0.2, 0) is 26.0 Å². The van der Waals surface area contributed by atoms with Crippen LogP contribution >= 0.6 is 0 Å². The van der Waals surface area contributed by atoms with Crippen LogP contribution in [0.25, 0.3) is 0 Å². The molecule has 0 heterocycles. The zero-order chi connectivity index (χ0) is 23.7. The summed E-state index contributed by atoms with van der Waals surface area (Å²) in [6.07, 6.45) is 4.98. The highest BCUT2D eigenvalue weighted by Crippen LogP contribution is 2.28. The average molecular weight is 461 g/mol. The molecule has 1 N–H and O–H groups in total. The second kappa shape index (κ2) is 11.9. The lowest BCUT2D eigenvalue weighted by Crippen LogP contribution is -2.16. The summed E-state index contributed by atoms with van der Waals surface area (Å²) in [5.41, 5.74) is 4.43. The first-order valence-corrected chi connectivity index (χ1v) is 12.7. The van der Waals surface area contributed by atoms with E-state index in [4.69, 9.17) is 4.74 Å². The van der Waals surface area contributed by atoms with Crippen LogP contribution in [0.3, 0.4) is 0 Å². The second-order valence-corrected chi connectivity index (χ2v) is 10.0. The highest BCUT2D eigenvalue weighted by Gasteiger charge is 2.18. The fraction of sp³-hybridized carbons (Fsp3) is 0.480. The van der Waals surface area contributed by atoms with Gasteiger partial charge in [-0.3, -0.25) is 9.52 Å². The highest BCUT2D eigenvalue weighted by molar-refractivity contribution is 7.92. The number of unbranched alkanes of at least 4 members (excludes halogenated alkanes) is 3. The van der Waals surface area contributed by atoms with Crippen molar-refractivity contribution in [2.45, 2.75) is 64.2 Å². The van der Waals surface area contributed by atoms with Gasteiger partial charge in [0, 0.05) is 26.2 Å². The molecule has 0 fully saturated rings. The number of rotatable bonds is 12. The predicted octanol–water partition coefficient (Wildman–Crippen LogP) is 5.23. The molecule has 0 atom stereocenters. The fourth-order valence-electron chi connectivity index (χ4n) is 3.61. The third-order valence-electron chi connectivity index (χ3n) is 5.38. The molecule has 0 saturated carbocycles. The molecule has 0 saturated heterocycles. The molecule has 0 aliphatic carbocycles. The van der Waals surface area contributed by atoms with Crippen molar-refractivity contribution < 1.29 is 17.9 Å². The Morgan fingerprint density at radius 1 is 1.00 bits per heavy atom. The minimum absolute atomic E-state index is 0.139. The third-order valence-corrected chi connectivity index (χ3v) is 6.73. The largest absolute Gasteiger partial charge is 0.466 e. The summed E-state index contributed by atoms with van der Waals surface area (Å²) in [5.74, 6) is -0.139. The molecule has 0 aromatic heterocycles. The monoisotopic (exact) mass is 460 g/mol. The molecular weight excluding hydrogens is 424 g/mol. The van der Waals surface area contributed by atoms with Gasteiger partial charge in [0.25, 0.3) is 10.0 Å². The Labute approximate surface area is 193 Å². The van der Waals surface area contributed by atoms with E-state index in [1.54, 1.807) is 18.2 Å². The molecule has 0 radical (unpaired) electrons. The van der Waals surface area contributed by atoms with Gasteiger partial charge in [-0.15, -0.1) is 0 Å². The van der Waals surface area contributed by atoms with Crippen LogP contribution in [0.4, 0.5) is 11.4 Å². The van der Waals surface area contributed by atoms with E-state index >= 15 is 0 Å². The Morgan fingerprint density at radius 3 is 2.28 bits per heavy atom. The molecule has 6 nitrogen and oxygen atoms in total. The molecule has 2 aromatic rings. The van der Waals surface area contributed by atoms with Crippen LogP contribution in [0.15, 0.2) is 41.3 Å². The maximum Gasteiger partial charge on any atom is 0.305 e. The summed E-state index contributed by atoms with van der Waals surface area (Å²) in [6, 6.07) is 11.1. The smallest absolute Gasteiger partial charge is 0.305 e. The summed E-state index contributed by atoms with van der Waals surface area (Å²) < 4.78 is 33.8. The number of hydrogen-bond donors (Lipinski definition) is 1. The normalized spacial score (nSPS) is 11.3. The Kier molecular flexibility index (Phi) is 9.57. The van der Waals surface area contributed by atoms with E-state index in [1.807, 2.05) is 58.0 Å².